The second-order valence-corrected chi connectivity index (χ2v) is 5.29. The van der Waals surface area contributed by atoms with Gasteiger partial charge in [0, 0.05) is 11.8 Å². The van der Waals surface area contributed by atoms with Crippen LogP contribution in [0.1, 0.15) is 20.7 Å². The average Bonchev–Trinajstić information content (AvgIpc) is 2.68. The van der Waals surface area contributed by atoms with Crippen molar-refractivity contribution in [2.24, 2.45) is 0 Å². The molecular weight excluding hydrogens is 346 g/mol. The van der Waals surface area contributed by atoms with Gasteiger partial charge in [0.25, 0.3) is 11.8 Å². The molecule has 2 aromatic carbocycles. The molecular formula is C14H7BrF2N2O2. The van der Waals surface area contributed by atoms with Crippen LogP contribution in [0, 0.1) is 11.6 Å². The van der Waals surface area contributed by atoms with Crippen LogP contribution < -0.4 is 10.6 Å². The minimum atomic E-state index is -1.01. The summed E-state index contributed by atoms with van der Waals surface area (Å²) in [4.78, 5) is 25.3. The van der Waals surface area contributed by atoms with Crippen molar-refractivity contribution >= 4 is 39.1 Å². The maximum atomic E-state index is 13.9. The molecule has 0 spiro atoms. The van der Waals surface area contributed by atoms with Crippen molar-refractivity contribution in [3.05, 3.63) is 57.6 Å². The summed E-state index contributed by atoms with van der Waals surface area (Å²) in [6.45, 7) is 0. The SMILES string of the molecule is Nc1cccc2c1C(=O)N(c1cc(Br)c(F)cc1F)C2=O. The molecule has 2 N–H and O–H groups in total. The summed E-state index contributed by atoms with van der Waals surface area (Å²) in [6.07, 6.45) is 0. The Morgan fingerprint density at radius 2 is 1.76 bits per heavy atom. The minimum absolute atomic E-state index is 0.0300. The van der Waals surface area contributed by atoms with E-state index in [1.807, 2.05) is 0 Å². The highest BCUT2D eigenvalue weighted by Crippen LogP contribution is 2.34. The molecule has 1 aliphatic rings. The summed E-state index contributed by atoms with van der Waals surface area (Å²) in [5.41, 5.74) is 5.63. The van der Waals surface area contributed by atoms with E-state index in [2.05, 4.69) is 15.9 Å². The van der Waals surface area contributed by atoms with E-state index >= 15 is 0 Å². The van der Waals surface area contributed by atoms with E-state index in [1.54, 1.807) is 0 Å². The predicted octanol–water partition coefficient (Wildman–Crippen LogP) is 3.11. The molecule has 0 fully saturated rings. The molecule has 0 radical (unpaired) electrons. The van der Waals surface area contributed by atoms with Gasteiger partial charge in [0.15, 0.2) is 0 Å². The second kappa shape index (κ2) is 4.63. The lowest BCUT2D eigenvalue weighted by Crippen LogP contribution is -2.30. The molecule has 0 aromatic heterocycles. The number of nitrogen functional groups attached to an aromatic ring is 1. The molecule has 0 atom stereocenters. The number of rotatable bonds is 1. The number of imide groups is 1. The average molecular weight is 353 g/mol. The number of amides is 2. The highest BCUT2D eigenvalue weighted by Gasteiger charge is 2.39. The first-order chi connectivity index (χ1) is 9.91. The molecule has 0 saturated heterocycles. The Kier molecular flexibility index (Phi) is 3.02. The smallest absolute Gasteiger partial charge is 0.268 e. The summed E-state index contributed by atoms with van der Waals surface area (Å²) in [5.74, 6) is -3.26. The molecule has 106 valence electrons. The van der Waals surface area contributed by atoms with Crippen LogP contribution in [0.15, 0.2) is 34.8 Å². The minimum Gasteiger partial charge on any atom is -0.398 e. The number of halogens is 3. The lowest BCUT2D eigenvalue weighted by molar-refractivity contribution is 0.0925. The Hall–Kier alpha value is -2.28. The van der Waals surface area contributed by atoms with Crippen LogP contribution >= 0.6 is 15.9 Å². The number of benzene rings is 2. The maximum Gasteiger partial charge on any atom is 0.268 e. The zero-order chi connectivity index (χ0) is 15.3. The first kappa shape index (κ1) is 13.7. The fourth-order valence-corrected chi connectivity index (χ4v) is 2.55. The lowest BCUT2D eigenvalue weighted by atomic mass is 10.1. The Morgan fingerprint density at radius 3 is 2.43 bits per heavy atom. The first-order valence-electron chi connectivity index (χ1n) is 5.83. The van der Waals surface area contributed by atoms with Crippen LogP contribution in [0.25, 0.3) is 0 Å². The van der Waals surface area contributed by atoms with Crippen LogP contribution in [0.2, 0.25) is 0 Å². The quantitative estimate of drug-likeness (QED) is 0.487. The van der Waals surface area contributed by atoms with E-state index in [0.29, 0.717) is 11.0 Å². The Balaban J connectivity index is 2.19. The molecule has 4 nitrogen and oxygen atoms in total. The Bertz CT molecular complexity index is 808. The van der Waals surface area contributed by atoms with Gasteiger partial charge in [0.1, 0.15) is 11.6 Å². The van der Waals surface area contributed by atoms with Crippen molar-refractivity contribution in [2.45, 2.75) is 0 Å². The van der Waals surface area contributed by atoms with E-state index < -0.39 is 23.4 Å². The van der Waals surface area contributed by atoms with Gasteiger partial charge in [0.05, 0.1) is 21.3 Å². The summed E-state index contributed by atoms with van der Waals surface area (Å²) in [6, 6.07) is 6.08. The van der Waals surface area contributed by atoms with Gasteiger partial charge in [0.2, 0.25) is 0 Å². The molecule has 0 saturated carbocycles. The van der Waals surface area contributed by atoms with Crippen molar-refractivity contribution in [1.29, 1.82) is 0 Å². The summed E-state index contributed by atoms with van der Waals surface area (Å²) in [7, 11) is 0. The van der Waals surface area contributed by atoms with Crippen LogP contribution in [0.3, 0.4) is 0 Å². The number of carbonyl (C=O) groups is 2. The van der Waals surface area contributed by atoms with Gasteiger partial charge in [-0.15, -0.1) is 0 Å². The van der Waals surface area contributed by atoms with Gasteiger partial charge < -0.3 is 5.73 Å². The molecule has 2 amide bonds. The van der Waals surface area contributed by atoms with Crippen molar-refractivity contribution in [3.8, 4) is 0 Å². The zero-order valence-corrected chi connectivity index (χ0v) is 11.9. The van der Waals surface area contributed by atoms with Crippen molar-refractivity contribution in [2.75, 3.05) is 10.6 Å². The highest BCUT2D eigenvalue weighted by atomic mass is 79.9. The van der Waals surface area contributed by atoms with Crippen molar-refractivity contribution in [1.82, 2.24) is 0 Å². The molecule has 1 heterocycles. The first-order valence-corrected chi connectivity index (χ1v) is 6.63. The summed E-state index contributed by atoms with van der Waals surface area (Å²) >= 11 is 2.90. The fraction of sp³-hybridized carbons (Fsp3) is 0. The third-order valence-corrected chi connectivity index (χ3v) is 3.79. The molecule has 3 rings (SSSR count). The van der Waals surface area contributed by atoms with Crippen LogP contribution in [0.5, 0.6) is 0 Å². The third kappa shape index (κ3) is 1.92. The van der Waals surface area contributed by atoms with E-state index in [4.69, 9.17) is 5.73 Å². The number of fused-ring (bicyclic) bond motifs is 1. The predicted molar refractivity (Wildman–Crippen MR) is 76.1 cm³/mol. The van der Waals surface area contributed by atoms with Gasteiger partial charge in [-0.1, -0.05) is 6.07 Å². The standard InChI is InChI=1S/C14H7BrF2N2O2/c15-7-4-11(9(17)5-8(7)16)19-13(20)6-2-1-3-10(18)12(6)14(19)21/h1-5H,18H2. The maximum absolute atomic E-state index is 13.9. The van der Waals surface area contributed by atoms with E-state index in [9.17, 15) is 18.4 Å². The van der Waals surface area contributed by atoms with E-state index in [0.717, 1.165) is 6.07 Å². The second-order valence-electron chi connectivity index (χ2n) is 4.43. The number of hydrogen-bond donors (Lipinski definition) is 1. The Labute approximate surface area is 126 Å². The Morgan fingerprint density at radius 1 is 1.05 bits per heavy atom. The fourth-order valence-electron chi connectivity index (χ4n) is 2.21. The van der Waals surface area contributed by atoms with Crippen molar-refractivity contribution < 1.29 is 18.4 Å². The number of carbonyl (C=O) groups excluding carboxylic acids is 2. The largest absolute Gasteiger partial charge is 0.398 e. The van der Waals surface area contributed by atoms with Gasteiger partial charge in [-0.2, -0.15) is 0 Å². The van der Waals surface area contributed by atoms with Crippen molar-refractivity contribution in [3.63, 3.8) is 0 Å². The highest BCUT2D eigenvalue weighted by molar-refractivity contribution is 9.10. The molecule has 0 aliphatic carbocycles. The third-order valence-electron chi connectivity index (χ3n) is 3.18. The van der Waals surface area contributed by atoms with Crippen LogP contribution in [-0.2, 0) is 0 Å². The summed E-state index contributed by atoms with van der Waals surface area (Å²) < 4.78 is 27.1. The van der Waals surface area contributed by atoms with Crippen LogP contribution in [-0.4, -0.2) is 11.8 Å². The van der Waals surface area contributed by atoms with Gasteiger partial charge >= 0.3 is 0 Å². The number of nitrogens with zero attached hydrogens (tertiary/aromatic N) is 1. The molecule has 0 unspecified atom stereocenters. The zero-order valence-electron chi connectivity index (χ0n) is 10.4. The van der Waals surface area contributed by atoms with Crippen LogP contribution in [0.4, 0.5) is 20.2 Å². The number of hydrogen-bond acceptors (Lipinski definition) is 3. The lowest BCUT2D eigenvalue weighted by Gasteiger charge is -2.15. The molecule has 0 bridgehead atoms. The molecule has 7 heteroatoms. The van der Waals surface area contributed by atoms with E-state index in [1.165, 1.54) is 18.2 Å². The molecule has 1 aliphatic heterocycles. The summed E-state index contributed by atoms with van der Waals surface area (Å²) in [5, 5.41) is 0. The van der Waals surface area contributed by atoms with Gasteiger partial charge in [-0.3, -0.25) is 9.59 Å². The topological polar surface area (TPSA) is 63.4 Å². The number of anilines is 2. The number of nitrogens with two attached hydrogens (primary N) is 1. The normalized spacial score (nSPS) is 13.8. The van der Waals surface area contributed by atoms with E-state index in [-0.39, 0.29) is 27.0 Å². The molecule has 21 heavy (non-hydrogen) atoms. The van der Waals surface area contributed by atoms with Gasteiger partial charge in [-0.25, -0.2) is 13.7 Å². The molecule has 2 aromatic rings. The monoisotopic (exact) mass is 352 g/mol. The van der Waals surface area contributed by atoms with Gasteiger partial charge in [-0.05, 0) is 34.1 Å².